The molecule has 4 heterocycles. The second-order valence-corrected chi connectivity index (χ2v) is 8.59. The van der Waals surface area contributed by atoms with E-state index in [0.29, 0.717) is 37.3 Å². The number of aliphatic hydroxyl groups excluding tert-OH is 1. The Hall–Kier alpha value is -2.72. The molecule has 0 aromatic carbocycles. The Morgan fingerprint density at radius 3 is 2.59 bits per heavy atom. The van der Waals surface area contributed by atoms with Crippen LogP contribution in [-0.2, 0) is 14.3 Å². The Kier molecular flexibility index (Phi) is 8.03. The van der Waals surface area contributed by atoms with Crippen molar-refractivity contribution < 1.29 is 29.3 Å². The summed E-state index contributed by atoms with van der Waals surface area (Å²) < 4.78 is 5.73. The van der Waals surface area contributed by atoms with E-state index in [-0.39, 0.29) is 30.6 Å². The van der Waals surface area contributed by atoms with Gasteiger partial charge in [-0.15, -0.1) is 0 Å². The topological polar surface area (TPSA) is 132 Å². The van der Waals surface area contributed by atoms with E-state index in [9.17, 15) is 14.7 Å². The molecule has 0 aliphatic carbocycles. The van der Waals surface area contributed by atoms with E-state index in [1.165, 1.54) is 0 Å². The second-order valence-electron chi connectivity index (χ2n) is 8.59. The first-order valence-electron chi connectivity index (χ1n) is 11.0. The molecule has 1 amide bonds. The van der Waals surface area contributed by atoms with Crippen molar-refractivity contribution in [1.82, 2.24) is 14.8 Å². The highest BCUT2D eigenvalue weighted by molar-refractivity contribution is 5.98. The van der Waals surface area contributed by atoms with Gasteiger partial charge in [0.25, 0.3) is 12.4 Å². The first kappa shape index (κ1) is 23.9. The first-order chi connectivity index (χ1) is 15.4. The zero-order valence-electron chi connectivity index (χ0n) is 18.4. The fraction of sp³-hybridized carbons (Fsp3) is 0.636. The molecule has 10 nitrogen and oxygen atoms in total. The lowest BCUT2D eigenvalue weighted by Crippen LogP contribution is -2.45. The first-order valence-corrected chi connectivity index (χ1v) is 11.0. The minimum atomic E-state index is -0.461. The molecule has 1 aromatic heterocycles. The molecule has 3 N–H and O–H groups in total. The van der Waals surface area contributed by atoms with Crippen molar-refractivity contribution in [3.63, 3.8) is 0 Å². The number of hydrogen-bond acceptors (Lipinski definition) is 8. The Morgan fingerprint density at radius 1 is 1.31 bits per heavy atom. The van der Waals surface area contributed by atoms with Gasteiger partial charge < -0.3 is 25.2 Å². The van der Waals surface area contributed by atoms with Gasteiger partial charge in [-0.2, -0.15) is 0 Å². The number of carbonyl (C=O) groups is 3. The predicted octanol–water partition coefficient (Wildman–Crippen LogP) is 0.819. The number of esters is 1. The molecule has 3 saturated heterocycles. The monoisotopic (exact) mass is 448 g/mol. The van der Waals surface area contributed by atoms with Crippen LogP contribution >= 0.6 is 0 Å². The van der Waals surface area contributed by atoms with E-state index in [2.05, 4.69) is 15.2 Å². The minimum absolute atomic E-state index is 0.0490. The number of carboxylic acid groups (broad SMARTS) is 1. The molecular weight excluding hydrogens is 416 g/mol. The predicted molar refractivity (Wildman–Crippen MR) is 116 cm³/mol. The number of hydrogen-bond donors (Lipinski definition) is 3. The van der Waals surface area contributed by atoms with Crippen molar-refractivity contribution in [1.29, 1.82) is 0 Å². The summed E-state index contributed by atoms with van der Waals surface area (Å²) in [6.07, 6.45) is 4.94. The van der Waals surface area contributed by atoms with Crippen molar-refractivity contribution in [3.05, 3.63) is 23.9 Å². The summed E-state index contributed by atoms with van der Waals surface area (Å²) in [5.74, 6) is 0.417. The normalized spacial score (nSPS) is 23.2. The number of piperidine rings is 2. The molecule has 1 unspecified atom stereocenters. The van der Waals surface area contributed by atoms with Crippen molar-refractivity contribution in [2.24, 2.45) is 5.41 Å². The van der Waals surface area contributed by atoms with Crippen molar-refractivity contribution in [2.75, 3.05) is 45.1 Å². The van der Waals surface area contributed by atoms with Crippen molar-refractivity contribution >= 4 is 24.2 Å². The number of nitrogens with one attached hydrogen (secondary N) is 1. The van der Waals surface area contributed by atoms with Gasteiger partial charge in [0.05, 0.1) is 17.1 Å². The number of amides is 1. The van der Waals surface area contributed by atoms with Crippen molar-refractivity contribution in [3.8, 4) is 0 Å². The van der Waals surface area contributed by atoms with Crippen LogP contribution < -0.4 is 5.32 Å². The molecule has 4 rings (SSSR count). The van der Waals surface area contributed by atoms with Crippen LogP contribution in [0.25, 0.3) is 0 Å². The number of nitrogens with zero attached hydrogens (tertiary/aromatic N) is 3. The van der Waals surface area contributed by atoms with E-state index in [4.69, 9.17) is 14.6 Å². The number of carbonyl (C=O) groups excluding carboxylic acids is 2. The molecule has 1 spiro atoms. The molecule has 1 aromatic rings. The van der Waals surface area contributed by atoms with Gasteiger partial charge in [0.1, 0.15) is 11.9 Å². The molecular formula is C22H32N4O6. The van der Waals surface area contributed by atoms with Gasteiger partial charge in [-0.1, -0.05) is 0 Å². The smallest absolute Gasteiger partial charge is 0.312 e. The van der Waals surface area contributed by atoms with Gasteiger partial charge in [0.2, 0.25) is 0 Å². The quantitative estimate of drug-likeness (QED) is 0.452. The van der Waals surface area contributed by atoms with E-state index < -0.39 is 5.41 Å². The molecule has 0 saturated carbocycles. The van der Waals surface area contributed by atoms with Gasteiger partial charge in [-0.25, -0.2) is 4.98 Å². The van der Waals surface area contributed by atoms with E-state index in [0.717, 1.165) is 38.9 Å². The maximum absolute atomic E-state index is 12.9. The fourth-order valence-corrected chi connectivity index (χ4v) is 4.82. The van der Waals surface area contributed by atoms with E-state index >= 15 is 0 Å². The highest BCUT2D eigenvalue weighted by atomic mass is 16.6. The van der Waals surface area contributed by atoms with Crippen LogP contribution in [0.2, 0.25) is 0 Å². The average molecular weight is 449 g/mol. The van der Waals surface area contributed by atoms with Crippen LogP contribution in [0.5, 0.6) is 0 Å². The molecule has 32 heavy (non-hydrogen) atoms. The summed E-state index contributed by atoms with van der Waals surface area (Å²) in [6.45, 7) is 3.29. The molecule has 10 heteroatoms. The summed E-state index contributed by atoms with van der Waals surface area (Å²) >= 11 is 0. The lowest BCUT2D eigenvalue weighted by atomic mass is 9.76. The highest BCUT2D eigenvalue weighted by Gasteiger charge is 2.51. The van der Waals surface area contributed by atoms with Gasteiger partial charge >= 0.3 is 5.97 Å². The zero-order chi connectivity index (χ0) is 23.1. The number of aliphatic hydroxyl groups is 1. The minimum Gasteiger partial charge on any atom is -0.483 e. The third kappa shape index (κ3) is 5.36. The third-order valence-electron chi connectivity index (χ3n) is 6.63. The summed E-state index contributed by atoms with van der Waals surface area (Å²) in [4.78, 5) is 42.3. The lowest BCUT2D eigenvalue weighted by molar-refractivity contribution is -0.151. The molecule has 3 fully saturated rings. The maximum Gasteiger partial charge on any atom is 0.312 e. The summed E-state index contributed by atoms with van der Waals surface area (Å²) in [5, 5.41) is 19.5. The summed E-state index contributed by atoms with van der Waals surface area (Å²) in [5.41, 5.74) is 0.0995. The average Bonchev–Trinajstić information content (AvgIpc) is 3.10. The number of likely N-dealkylation sites (tertiary alicyclic amines) is 2. The van der Waals surface area contributed by atoms with Crippen LogP contribution in [0.4, 0.5) is 5.82 Å². The number of aromatic nitrogens is 1. The van der Waals surface area contributed by atoms with Crippen LogP contribution in [0.15, 0.2) is 18.3 Å². The molecule has 3 aliphatic heterocycles. The summed E-state index contributed by atoms with van der Waals surface area (Å²) in [6, 6.07) is 3.54. The molecule has 0 radical (unpaired) electrons. The van der Waals surface area contributed by atoms with E-state index in [1.54, 1.807) is 25.4 Å². The fourth-order valence-electron chi connectivity index (χ4n) is 4.82. The Morgan fingerprint density at radius 2 is 1.97 bits per heavy atom. The Bertz CT molecular complexity index is 803. The van der Waals surface area contributed by atoms with Crippen LogP contribution in [0, 0.1) is 5.41 Å². The van der Waals surface area contributed by atoms with Crippen LogP contribution in [-0.4, -0.2) is 95.3 Å². The SMILES string of the molecule is CNc1ncccc1C(=O)N1CCC2(CC1)CC(CN1CCC(O)CC1)OC2=O.O=CO. The van der Waals surface area contributed by atoms with E-state index in [1.807, 2.05) is 4.90 Å². The lowest BCUT2D eigenvalue weighted by Gasteiger charge is -2.37. The van der Waals surface area contributed by atoms with Gasteiger partial charge in [0, 0.05) is 52.4 Å². The highest BCUT2D eigenvalue weighted by Crippen LogP contribution is 2.43. The maximum atomic E-state index is 12.9. The van der Waals surface area contributed by atoms with Gasteiger partial charge in [-0.3, -0.25) is 19.3 Å². The second kappa shape index (κ2) is 10.7. The Balaban J connectivity index is 0.000000913. The van der Waals surface area contributed by atoms with Gasteiger partial charge in [-0.05, 0) is 37.8 Å². The Labute approximate surface area is 187 Å². The number of cyclic esters (lactones) is 1. The van der Waals surface area contributed by atoms with Crippen LogP contribution in [0.1, 0.15) is 42.5 Å². The van der Waals surface area contributed by atoms with Gasteiger partial charge in [0.15, 0.2) is 0 Å². The number of rotatable bonds is 4. The molecule has 1 atom stereocenters. The third-order valence-corrected chi connectivity index (χ3v) is 6.63. The zero-order valence-corrected chi connectivity index (χ0v) is 18.4. The summed E-state index contributed by atoms with van der Waals surface area (Å²) in [7, 11) is 1.75. The number of anilines is 1. The molecule has 0 bridgehead atoms. The number of pyridine rings is 1. The van der Waals surface area contributed by atoms with Crippen molar-refractivity contribution in [2.45, 2.75) is 44.3 Å². The standard InChI is InChI=1S/C21H30N4O4.CH2O2/c1-22-18-17(3-2-8-23-18)19(27)25-11-6-21(7-12-25)13-16(29-20(21)28)14-24-9-4-15(26)5-10-24;2-1-3/h2-3,8,15-16,26H,4-7,9-14H2,1H3,(H,22,23);1H,(H,2,3). The molecule has 3 aliphatic rings. The van der Waals surface area contributed by atoms with Crippen LogP contribution in [0.3, 0.4) is 0 Å². The number of ether oxygens (including phenoxy) is 1. The largest absolute Gasteiger partial charge is 0.483 e. The molecule has 176 valence electrons.